The Kier molecular flexibility index (Phi) is 5.90. The molecule has 0 spiro atoms. The fourth-order valence-corrected chi connectivity index (χ4v) is 4.18. The summed E-state index contributed by atoms with van der Waals surface area (Å²) in [6, 6.07) is 2.47. The Labute approximate surface area is 171 Å². The first kappa shape index (κ1) is 21.3. The molecule has 0 saturated carbocycles. The van der Waals surface area contributed by atoms with Crippen molar-refractivity contribution in [2.45, 2.75) is 36.8 Å². The molecule has 3 aliphatic rings. The van der Waals surface area contributed by atoms with Crippen LogP contribution < -0.4 is 10.6 Å². The Hall–Kier alpha value is -1.92. The highest BCUT2D eigenvalue weighted by molar-refractivity contribution is 5.89. The fourth-order valence-electron chi connectivity index (χ4n) is 4.18. The van der Waals surface area contributed by atoms with Gasteiger partial charge in [-0.15, -0.1) is 0 Å². The van der Waals surface area contributed by atoms with Gasteiger partial charge in [0.1, 0.15) is 6.10 Å². The number of aliphatic hydroxyl groups is 1. The second-order valence-corrected chi connectivity index (χ2v) is 7.90. The number of amides is 2. The quantitative estimate of drug-likeness (QED) is 0.662. The Morgan fingerprint density at radius 1 is 1.23 bits per heavy atom. The molecule has 0 radical (unpaired) electrons. The molecular weight excluding hydrogens is 405 g/mol. The zero-order valence-corrected chi connectivity index (χ0v) is 16.4. The summed E-state index contributed by atoms with van der Waals surface area (Å²) in [5.41, 5.74) is -0.854. The van der Waals surface area contributed by atoms with Crippen LogP contribution in [0.1, 0.15) is 5.56 Å². The third-order valence-electron chi connectivity index (χ3n) is 5.84. The summed E-state index contributed by atoms with van der Waals surface area (Å²) in [6.07, 6.45) is -6.54. The van der Waals surface area contributed by atoms with E-state index in [2.05, 4.69) is 20.4 Å². The largest absolute Gasteiger partial charge is 0.416 e. The van der Waals surface area contributed by atoms with Gasteiger partial charge in [0.05, 0.1) is 30.4 Å². The molecular formula is C19H25F3N4O4. The fraction of sp³-hybridized carbons (Fsp3) is 0.632. The first-order valence-corrected chi connectivity index (χ1v) is 9.85. The predicted molar refractivity (Wildman–Crippen MR) is 101 cm³/mol. The molecule has 30 heavy (non-hydrogen) atoms. The molecule has 3 saturated heterocycles. The summed E-state index contributed by atoms with van der Waals surface area (Å²) in [7, 11) is 2.02. The number of hydrogen-bond donors (Lipinski definition) is 3. The number of hydrogen-bond acceptors (Lipinski definition) is 6. The van der Waals surface area contributed by atoms with Gasteiger partial charge < -0.3 is 30.1 Å². The van der Waals surface area contributed by atoms with Crippen LogP contribution in [-0.4, -0.2) is 91.4 Å². The van der Waals surface area contributed by atoms with E-state index < -0.39 is 48.4 Å². The van der Waals surface area contributed by atoms with Gasteiger partial charge in [0.2, 0.25) is 0 Å². The summed E-state index contributed by atoms with van der Waals surface area (Å²) >= 11 is 0. The first-order valence-electron chi connectivity index (χ1n) is 9.85. The van der Waals surface area contributed by atoms with E-state index in [4.69, 9.17) is 9.47 Å². The maximum Gasteiger partial charge on any atom is 0.416 e. The molecule has 3 fully saturated rings. The minimum Gasteiger partial charge on any atom is -0.389 e. The third-order valence-corrected chi connectivity index (χ3v) is 5.84. The SMILES string of the molecule is CN1CCN([C@@H]2[C@@H]3OC[C@H](O3)[C@@H](NC(=O)Nc3cccc(C(F)(F)F)c3)[C@@H]2O)CC1. The summed E-state index contributed by atoms with van der Waals surface area (Å²) in [5.74, 6) is 0. The van der Waals surface area contributed by atoms with Crippen molar-refractivity contribution in [3.05, 3.63) is 29.8 Å². The second-order valence-electron chi connectivity index (χ2n) is 7.90. The first-order chi connectivity index (χ1) is 14.2. The topological polar surface area (TPSA) is 86.3 Å². The van der Waals surface area contributed by atoms with Crippen molar-refractivity contribution < 1.29 is 32.5 Å². The van der Waals surface area contributed by atoms with Crippen LogP contribution in [-0.2, 0) is 15.7 Å². The molecule has 4 rings (SSSR count). The van der Waals surface area contributed by atoms with E-state index in [-0.39, 0.29) is 12.3 Å². The number of urea groups is 1. The van der Waals surface area contributed by atoms with Crippen molar-refractivity contribution in [1.29, 1.82) is 0 Å². The van der Waals surface area contributed by atoms with Gasteiger partial charge in [0.25, 0.3) is 0 Å². The van der Waals surface area contributed by atoms with Crippen LogP contribution in [0.4, 0.5) is 23.7 Å². The molecule has 11 heteroatoms. The lowest BCUT2D eigenvalue weighted by atomic mass is 9.94. The molecule has 1 aromatic carbocycles. The number of alkyl halides is 3. The number of rotatable bonds is 3. The molecule has 3 heterocycles. The number of benzene rings is 1. The normalized spacial score (nSPS) is 32.8. The number of nitrogens with zero attached hydrogens (tertiary/aromatic N) is 2. The highest BCUT2D eigenvalue weighted by atomic mass is 19.4. The van der Waals surface area contributed by atoms with Gasteiger partial charge >= 0.3 is 12.2 Å². The van der Waals surface area contributed by atoms with Gasteiger partial charge in [-0.3, -0.25) is 4.90 Å². The molecule has 0 unspecified atom stereocenters. The van der Waals surface area contributed by atoms with Gasteiger partial charge in [0.15, 0.2) is 6.29 Å². The van der Waals surface area contributed by atoms with Crippen LogP contribution in [0.2, 0.25) is 0 Å². The monoisotopic (exact) mass is 430 g/mol. The number of ether oxygens (including phenoxy) is 2. The average molecular weight is 430 g/mol. The molecule has 3 aliphatic heterocycles. The van der Waals surface area contributed by atoms with Crippen LogP contribution in [0, 0.1) is 0 Å². The predicted octanol–water partition coefficient (Wildman–Crippen LogP) is 0.928. The van der Waals surface area contributed by atoms with E-state index in [1.165, 1.54) is 12.1 Å². The lowest BCUT2D eigenvalue weighted by molar-refractivity contribution is -0.184. The Morgan fingerprint density at radius 3 is 2.67 bits per heavy atom. The number of carbonyl (C=O) groups excluding carboxylic acids is 1. The standard InChI is InChI=1S/C19H25F3N4O4/c1-25-5-7-26(8-6-25)15-16(27)14(13-10-29-17(15)30-13)24-18(28)23-12-4-2-3-11(9-12)19(20,21)22/h2-4,9,13-17,27H,5-8,10H2,1H3,(H2,23,24,28)/t13-,14+,15-,16-,17+/m0/s1. The number of aliphatic hydroxyl groups excluding tert-OH is 1. The number of likely N-dealkylation sites (N-methyl/N-ethyl adjacent to an activating group) is 1. The Morgan fingerprint density at radius 2 is 1.97 bits per heavy atom. The summed E-state index contributed by atoms with van der Waals surface area (Å²) < 4.78 is 50.2. The maximum absolute atomic E-state index is 12.9. The number of carbonyl (C=O) groups is 1. The number of anilines is 1. The molecule has 2 bridgehead atoms. The van der Waals surface area contributed by atoms with Crippen molar-refractivity contribution in [1.82, 2.24) is 15.1 Å². The van der Waals surface area contributed by atoms with E-state index in [0.717, 1.165) is 38.3 Å². The van der Waals surface area contributed by atoms with Crippen LogP contribution in [0.25, 0.3) is 0 Å². The lowest BCUT2D eigenvalue weighted by Gasteiger charge is -2.46. The van der Waals surface area contributed by atoms with E-state index in [9.17, 15) is 23.1 Å². The van der Waals surface area contributed by atoms with E-state index in [1.807, 2.05) is 7.05 Å². The molecule has 0 aliphatic carbocycles. The zero-order valence-electron chi connectivity index (χ0n) is 16.4. The number of piperazine rings is 1. The van der Waals surface area contributed by atoms with Crippen LogP contribution in [0.3, 0.4) is 0 Å². The maximum atomic E-state index is 12.9. The van der Waals surface area contributed by atoms with Gasteiger partial charge in [-0.2, -0.15) is 13.2 Å². The average Bonchev–Trinajstić information content (AvgIpc) is 3.12. The minimum atomic E-state index is -4.51. The van der Waals surface area contributed by atoms with Crippen LogP contribution in [0.15, 0.2) is 24.3 Å². The van der Waals surface area contributed by atoms with Crippen molar-refractivity contribution in [2.24, 2.45) is 0 Å². The number of halogens is 3. The molecule has 8 nitrogen and oxygen atoms in total. The second kappa shape index (κ2) is 8.31. The molecule has 0 aromatic heterocycles. The minimum absolute atomic E-state index is 0.00436. The lowest BCUT2D eigenvalue weighted by Crippen LogP contribution is -2.67. The molecule has 1 aromatic rings. The van der Waals surface area contributed by atoms with Crippen molar-refractivity contribution in [3.63, 3.8) is 0 Å². The highest BCUT2D eigenvalue weighted by Gasteiger charge is 2.52. The summed E-state index contributed by atoms with van der Waals surface area (Å²) in [6.45, 7) is 3.37. The molecule has 2 amide bonds. The highest BCUT2D eigenvalue weighted by Crippen LogP contribution is 2.33. The summed E-state index contributed by atoms with van der Waals surface area (Å²) in [5, 5.41) is 16.0. The van der Waals surface area contributed by atoms with E-state index in [0.29, 0.717) is 0 Å². The molecule has 166 valence electrons. The number of fused-ring (bicyclic) bond motifs is 2. The van der Waals surface area contributed by atoms with Gasteiger partial charge in [-0.25, -0.2) is 4.79 Å². The molecule has 5 atom stereocenters. The zero-order chi connectivity index (χ0) is 21.5. The van der Waals surface area contributed by atoms with Gasteiger partial charge in [-0.05, 0) is 25.2 Å². The van der Waals surface area contributed by atoms with Crippen molar-refractivity contribution >= 4 is 11.7 Å². The smallest absolute Gasteiger partial charge is 0.389 e. The van der Waals surface area contributed by atoms with Gasteiger partial charge in [0, 0.05) is 31.9 Å². The third kappa shape index (κ3) is 4.40. The van der Waals surface area contributed by atoms with Crippen molar-refractivity contribution in [2.75, 3.05) is 45.2 Å². The summed E-state index contributed by atoms with van der Waals surface area (Å²) in [4.78, 5) is 16.7. The Balaban J connectivity index is 1.42. The Bertz CT molecular complexity index is 772. The number of nitrogens with one attached hydrogen (secondary N) is 2. The molecule has 3 N–H and O–H groups in total. The van der Waals surface area contributed by atoms with E-state index >= 15 is 0 Å². The van der Waals surface area contributed by atoms with Crippen LogP contribution >= 0.6 is 0 Å². The van der Waals surface area contributed by atoms with E-state index in [1.54, 1.807) is 0 Å². The van der Waals surface area contributed by atoms with Crippen molar-refractivity contribution in [3.8, 4) is 0 Å². The van der Waals surface area contributed by atoms with Crippen LogP contribution in [0.5, 0.6) is 0 Å². The van der Waals surface area contributed by atoms with Gasteiger partial charge in [-0.1, -0.05) is 6.07 Å².